The van der Waals surface area contributed by atoms with Crippen molar-refractivity contribution in [1.29, 1.82) is 0 Å². The lowest BCUT2D eigenvalue weighted by Crippen LogP contribution is -2.55. The first-order chi connectivity index (χ1) is 16.8. The Morgan fingerprint density at radius 3 is 2.36 bits per heavy atom. The van der Waals surface area contributed by atoms with Crippen molar-refractivity contribution < 1.29 is 27.5 Å². The molecule has 2 aliphatic rings. The van der Waals surface area contributed by atoms with Crippen molar-refractivity contribution in [3.8, 4) is 5.75 Å². The summed E-state index contributed by atoms with van der Waals surface area (Å²) in [6, 6.07) is 7.35. The number of rotatable bonds is 6. The van der Waals surface area contributed by atoms with Crippen LogP contribution >= 0.6 is 23.2 Å². The Balaban J connectivity index is 1.44. The van der Waals surface area contributed by atoms with Gasteiger partial charge in [0.1, 0.15) is 5.75 Å². The molecule has 0 radical (unpaired) electrons. The van der Waals surface area contributed by atoms with E-state index in [2.05, 4.69) is 10.3 Å². The number of carbonyl (C=O) groups is 2. The summed E-state index contributed by atoms with van der Waals surface area (Å²) in [5.74, 6) is -1.73. The summed E-state index contributed by atoms with van der Waals surface area (Å²) < 4.78 is 44.3. The number of benzene rings is 1. The van der Waals surface area contributed by atoms with Crippen molar-refractivity contribution >= 4 is 46.5 Å². The van der Waals surface area contributed by atoms with E-state index < -0.39 is 17.7 Å². The summed E-state index contributed by atoms with van der Waals surface area (Å²) in [5, 5.41) is 5.73. The van der Waals surface area contributed by atoms with E-state index in [-0.39, 0.29) is 29.7 Å². The highest BCUT2D eigenvalue weighted by molar-refractivity contribution is 6.35. The third-order valence-electron chi connectivity index (χ3n) is 6.41. The molecule has 4 rings (SSSR count). The van der Waals surface area contributed by atoms with Gasteiger partial charge in [0.05, 0.1) is 10.7 Å². The molecule has 1 aromatic carbocycles. The monoisotopic (exact) mass is 544 g/mol. The van der Waals surface area contributed by atoms with E-state index in [0.29, 0.717) is 34.5 Å². The predicted molar refractivity (Wildman–Crippen MR) is 131 cm³/mol. The van der Waals surface area contributed by atoms with Crippen LogP contribution in [-0.4, -0.2) is 46.7 Å². The van der Waals surface area contributed by atoms with Crippen LogP contribution in [0.3, 0.4) is 0 Å². The number of piperidine rings is 1. The van der Waals surface area contributed by atoms with E-state index in [1.807, 2.05) is 10.2 Å². The molecule has 2 atom stereocenters. The van der Waals surface area contributed by atoms with Gasteiger partial charge in [-0.05, 0) is 69.9 Å². The number of hydrogen-bond donors (Lipinski definition) is 2. The Morgan fingerprint density at radius 1 is 1.08 bits per heavy atom. The molecule has 2 aliphatic heterocycles. The minimum Gasteiger partial charge on any atom is -0.476 e. The van der Waals surface area contributed by atoms with Crippen LogP contribution < -0.4 is 20.3 Å². The molecular formula is C24H25Cl2F3N4O3. The molecule has 2 amide bonds. The second kappa shape index (κ2) is 9.97. The highest BCUT2D eigenvalue weighted by Gasteiger charge is 2.45. The predicted octanol–water partition coefficient (Wildman–Crippen LogP) is 5.36. The maximum atomic E-state index is 13.1. The van der Waals surface area contributed by atoms with Gasteiger partial charge in [-0.1, -0.05) is 23.2 Å². The van der Waals surface area contributed by atoms with Crippen LogP contribution in [0.2, 0.25) is 10.0 Å². The molecule has 2 saturated heterocycles. The van der Waals surface area contributed by atoms with E-state index in [9.17, 15) is 22.8 Å². The van der Waals surface area contributed by atoms with Crippen molar-refractivity contribution in [3.63, 3.8) is 0 Å². The molecule has 12 heteroatoms. The first kappa shape index (κ1) is 26.3. The molecule has 0 saturated carbocycles. The summed E-state index contributed by atoms with van der Waals surface area (Å²) in [6.07, 6.45) is -0.796. The summed E-state index contributed by atoms with van der Waals surface area (Å²) in [5.41, 5.74) is -1.21. The average Bonchev–Trinajstić information content (AvgIpc) is 3.05. The Morgan fingerprint density at radius 2 is 1.75 bits per heavy atom. The molecular weight excluding hydrogens is 520 g/mol. The van der Waals surface area contributed by atoms with Gasteiger partial charge in [0, 0.05) is 29.3 Å². The minimum atomic E-state index is -5.01. The smallest absolute Gasteiger partial charge is 0.471 e. The van der Waals surface area contributed by atoms with E-state index in [4.69, 9.17) is 27.9 Å². The molecule has 3 heterocycles. The lowest BCUT2D eigenvalue weighted by molar-refractivity contribution is -0.167. The second-order valence-electron chi connectivity index (χ2n) is 9.45. The Hall–Kier alpha value is -2.72. The minimum absolute atomic E-state index is 0.00795. The van der Waals surface area contributed by atoms with Crippen LogP contribution in [0.15, 0.2) is 36.5 Å². The van der Waals surface area contributed by atoms with Crippen LogP contribution in [0.4, 0.5) is 24.7 Å². The van der Waals surface area contributed by atoms with Crippen LogP contribution in [0.1, 0.15) is 39.5 Å². The van der Waals surface area contributed by atoms with Gasteiger partial charge in [0.15, 0.2) is 11.4 Å². The van der Waals surface area contributed by atoms with E-state index in [1.165, 1.54) is 24.4 Å². The van der Waals surface area contributed by atoms with E-state index in [0.717, 1.165) is 12.8 Å². The molecule has 0 aliphatic carbocycles. The maximum Gasteiger partial charge on any atom is 0.471 e. The third-order valence-corrected chi connectivity index (χ3v) is 6.94. The van der Waals surface area contributed by atoms with Crippen LogP contribution in [0, 0.1) is 0 Å². The Labute approximate surface area is 216 Å². The number of ether oxygens (including phenoxy) is 1. The molecule has 2 N–H and O–H groups in total. The maximum absolute atomic E-state index is 13.1. The Bertz CT molecular complexity index is 1150. The zero-order valence-corrected chi connectivity index (χ0v) is 21.0. The topological polar surface area (TPSA) is 83.6 Å². The van der Waals surface area contributed by atoms with Gasteiger partial charge in [-0.15, -0.1) is 0 Å². The van der Waals surface area contributed by atoms with Crippen LogP contribution in [0.5, 0.6) is 5.75 Å². The summed E-state index contributed by atoms with van der Waals surface area (Å²) in [4.78, 5) is 30.9. The standard InChI is InChI=1S/C24H25Cl2F3N4O3/c1-23(2,36-19-8-5-13(25)10-17(19)26)21(34)31-14-11-15-6-7-16(12-14)33(15)20-18(4-3-9-30-20)32-22(35)24(27,28)29/h3-5,8-10,14-16H,6-7,11-12H2,1-2H3,(H,31,34)(H,32,35)/t15-,16-/m0/s1. The van der Waals surface area contributed by atoms with E-state index >= 15 is 0 Å². The quantitative estimate of drug-likeness (QED) is 0.511. The highest BCUT2D eigenvalue weighted by atomic mass is 35.5. The zero-order chi connectivity index (χ0) is 26.3. The van der Waals surface area contributed by atoms with Gasteiger partial charge in [-0.3, -0.25) is 9.59 Å². The summed E-state index contributed by atoms with van der Waals surface area (Å²) in [7, 11) is 0. The largest absolute Gasteiger partial charge is 0.476 e. The van der Waals surface area contributed by atoms with Crippen molar-refractivity contribution in [2.75, 3.05) is 10.2 Å². The molecule has 36 heavy (non-hydrogen) atoms. The fourth-order valence-electron chi connectivity index (χ4n) is 4.77. The molecule has 194 valence electrons. The number of halogens is 5. The summed E-state index contributed by atoms with van der Waals surface area (Å²) >= 11 is 12.1. The van der Waals surface area contributed by atoms with Crippen LogP contribution in [-0.2, 0) is 9.59 Å². The van der Waals surface area contributed by atoms with Crippen molar-refractivity contribution in [3.05, 3.63) is 46.6 Å². The number of pyridine rings is 1. The zero-order valence-electron chi connectivity index (χ0n) is 19.5. The second-order valence-corrected chi connectivity index (χ2v) is 10.3. The lowest BCUT2D eigenvalue weighted by atomic mass is 9.96. The molecule has 1 aromatic heterocycles. The van der Waals surface area contributed by atoms with Gasteiger partial charge in [0.25, 0.3) is 5.91 Å². The molecule has 0 unspecified atom stereocenters. The van der Waals surface area contributed by atoms with Crippen molar-refractivity contribution in [2.45, 2.75) is 69.4 Å². The normalized spacial score (nSPS) is 21.8. The third kappa shape index (κ3) is 5.64. The van der Waals surface area contributed by atoms with Crippen LogP contribution in [0.25, 0.3) is 0 Å². The fraction of sp³-hybridized carbons (Fsp3) is 0.458. The summed E-state index contributed by atoms with van der Waals surface area (Å²) in [6.45, 7) is 3.28. The van der Waals surface area contributed by atoms with Gasteiger partial charge < -0.3 is 20.3 Å². The highest BCUT2D eigenvalue weighted by Crippen LogP contribution is 2.41. The Kier molecular flexibility index (Phi) is 7.30. The number of nitrogens with one attached hydrogen (secondary N) is 2. The number of anilines is 2. The molecule has 0 spiro atoms. The molecule has 2 aromatic rings. The number of alkyl halides is 3. The first-order valence-electron chi connectivity index (χ1n) is 11.4. The van der Waals surface area contributed by atoms with Gasteiger partial charge in [-0.25, -0.2) is 4.98 Å². The number of amides is 2. The van der Waals surface area contributed by atoms with Gasteiger partial charge in [0.2, 0.25) is 0 Å². The van der Waals surface area contributed by atoms with Crippen molar-refractivity contribution in [2.24, 2.45) is 0 Å². The number of nitrogens with zero attached hydrogens (tertiary/aromatic N) is 2. The SMILES string of the molecule is CC(C)(Oc1ccc(Cl)cc1Cl)C(=O)NC1C[C@@H]2CC[C@@H](C1)N2c1ncccc1NC(=O)C(F)(F)F. The molecule has 2 bridgehead atoms. The number of aromatic nitrogens is 1. The van der Waals surface area contributed by atoms with Gasteiger partial charge in [-0.2, -0.15) is 13.2 Å². The number of hydrogen-bond acceptors (Lipinski definition) is 5. The lowest BCUT2D eigenvalue weighted by Gasteiger charge is -2.41. The van der Waals surface area contributed by atoms with Gasteiger partial charge >= 0.3 is 12.1 Å². The van der Waals surface area contributed by atoms with Crippen molar-refractivity contribution in [1.82, 2.24) is 10.3 Å². The fourth-order valence-corrected chi connectivity index (χ4v) is 5.22. The number of carbonyl (C=O) groups excluding carboxylic acids is 2. The average molecular weight is 545 g/mol. The molecule has 2 fully saturated rings. The number of fused-ring (bicyclic) bond motifs is 2. The van der Waals surface area contributed by atoms with E-state index in [1.54, 1.807) is 26.0 Å². The first-order valence-corrected chi connectivity index (χ1v) is 12.2. The molecule has 7 nitrogen and oxygen atoms in total.